The van der Waals surface area contributed by atoms with E-state index in [1.165, 1.54) is 6.07 Å². The van der Waals surface area contributed by atoms with Crippen molar-refractivity contribution in [3.8, 4) is 0 Å². The summed E-state index contributed by atoms with van der Waals surface area (Å²) >= 11 is 0. The van der Waals surface area contributed by atoms with Gasteiger partial charge < -0.3 is 4.98 Å². The number of hydrogen-bond acceptors (Lipinski definition) is 1. The van der Waals surface area contributed by atoms with Gasteiger partial charge in [0.25, 0.3) is 0 Å². The van der Waals surface area contributed by atoms with Gasteiger partial charge in [0, 0.05) is 29.1 Å². The van der Waals surface area contributed by atoms with Gasteiger partial charge in [0.2, 0.25) is 0 Å². The molecule has 0 amide bonds. The van der Waals surface area contributed by atoms with Gasteiger partial charge in [0.1, 0.15) is 5.82 Å². The number of carbonyl (C=O) groups excluding carboxylic acids is 1. The number of nitrogens with one attached hydrogen (secondary N) is 1. The molecule has 0 radical (unpaired) electrons. The second kappa shape index (κ2) is 4.69. The highest BCUT2D eigenvalue weighted by Gasteiger charge is 2.13. The first-order valence-corrected chi connectivity index (χ1v) is 6.08. The Bertz CT molecular complexity index is 745. The van der Waals surface area contributed by atoms with Crippen LogP contribution in [0.4, 0.5) is 4.39 Å². The van der Waals surface area contributed by atoms with E-state index in [1.807, 2.05) is 24.3 Å². The van der Waals surface area contributed by atoms with E-state index in [0.29, 0.717) is 11.1 Å². The SMILES string of the molecule is O=C(Cc1ccccc1F)c1c[nH]c2ccccc12. The lowest BCUT2D eigenvalue weighted by Gasteiger charge is -2.01. The Labute approximate surface area is 109 Å². The minimum atomic E-state index is -0.337. The first kappa shape index (κ1) is 11.7. The predicted octanol–water partition coefficient (Wildman–Crippen LogP) is 3.73. The highest BCUT2D eigenvalue weighted by molar-refractivity contribution is 6.08. The van der Waals surface area contributed by atoms with E-state index in [4.69, 9.17) is 0 Å². The van der Waals surface area contributed by atoms with Crippen LogP contribution in [0.1, 0.15) is 15.9 Å². The Morgan fingerprint density at radius 3 is 2.63 bits per heavy atom. The highest BCUT2D eigenvalue weighted by atomic mass is 19.1. The summed E-state index contributed by atoms with van der Waals surface area (Å²) in [5, 5.41) is 0.879. The van der Waals surface area contributed by atoms with Crippen LogP contribution in [0.2, 0.25) is 0 Å². The Morgan fingerprint density at radius 2 is 1.79 bits per heavy atom. The molecule has 19 heavy (non-hydrogen) atoms. The molecule has 1 aromatic heterocycles. The monoisotopic (exact) mass is 253 g/mol. The largest absolute Gasteiger partial charge is 0.360 e. The lowest BCUT2D eigenvalue weighted by molar-refractivity contribution is 0.0993. The number of rotatable bonds is 3. The molecule has 3 rings (SSSR count). The lowest BCUT2D eigenvalue weighted by Crippen LogP contribution is -2.04. The molecular formula is C16H12FNO. The Morgan fingerprint density at radius 1 is 1.05 bits per heavy atom. The number of ketones is 1. The van der Waals surface area contributed by atoms with Crippen LogP contribution >= 0.6 is 0 Å². The molecule has 0 saturated carbocycles. The fourth-order valence-corrected chi connectivity index (χ4v) is 2.21. The van der Waals surface area contributed by atoms with Crippen molar-refractivity contribution < 1.29 is 9.18 Å². The van der Waals surface area contributed by atoms with E-state index in [1.54, 1.807) is 24.4 Å². The first-order valence-electron chi connectivity index (χ1n) is 6.08. The maximum atomic E-state index is 13.5. The number of aromatic nitrogens is 1. The Balaban J connectivity index is 1.95. The molecule has 2 nitrogen and oxygen atoms in total. The number of aromatic amines is 1. The standard InChI is InChI=1S/C16H12FNO/c17-14-7-3-1-5-11(14)9-16(19)13-10-18-15-8-4-2-6-12(13)15/h1-8,10,18H,9H2. The second-order valence-corrected chi connectivity index (χ2v) is 4.44. The lowest BCUT2D eigenvalue weighted by atomic mass is 10.0. The third-order valence-corrected chi connectivity index (χ3v) is 3.20. The molecule has 0 saturated heterocycles. The minimum Gasteiger partial charge on any atom is -0.360 e. The van der Waals surface area contributed by atoms with Gasteiger partial charge in [-0.1, -0.05) is 36.4 Å². The number of fused-ring (bicyclic) bond motifs is 1. The van der Waals surface area contributed by atoms with E-state index in [0.717, 1.165) is 10.9 Å². The van der Waals surface area contributed by atoms with Gasteiger partial charge in [0.05, 0.1) is 0 Å². The molecule has 3 aromatic rings. The molecule has 2 aromatic carbocycles. The van der Waals surface area contributed by atoms with E-state index in [2.05, 4.69) is 4.98 Å². The first-order chi connectivity index (χ1) is 9.25. The summed E-state index contributed by atoms with van der Waals surface area (Å²) in [6, 6.07) is 14.0. The number of benzene rings is 2. The average molecular weight is 253 g/mol. The molecule has 0 unspecified atom stereocenters. The number of carbonyl (C=O) groups is 1. The minimum absolute atomic E-state index is 0.0779. The Kier molecular flexibility index (Phi) is 2.88. The molecule has 0 aliphatic rings. The summed E-state index contributed by atoms with van der Waals surface area (Å²) in [6.45, 7) is 0. The zero-order valence-corrected chi connectivity index (χ0v) is 10.2. The molecule has 0 fully saturated rings. The van der Waals surface area contributed by atoms with Crippen LogP contribution in [-0.2, 0) is 6.42 Å². The average Bonchev–Trinajstić information content (AvgIpc) is 2.85. The van der Waals surface area contributed by atoms with Gasteiger partial charge in [-0.15, -0.1) is 0 Å². The van der Waals surface area contributed by atoms with Crippen molar-refractivity contribution in [3.05, 3.63) is 71.7 Å². The topological polar surface area (TPSA) is 32.9 Å². The van der Waals surface area contributed by atoms with Crippen molar-refractivity contribution in [1.82, 2.24) is 4.98 Å². The summed E-state index contributed by atoms with van der Waals surface area (Å²) < 4.78 is 13.5. The molecule has 1 N–H and O–H groups in total. The zero-order chi connectivity index (χ0) is 13.2. The number of para-hydroxylation sites is 1. The molecule has 0 aliphatic heterocycles. The van der Waals surface area contributed by atoms with Gasteiger partial charge in [-0.2, -0.15) is 0 Å². The summed E-state index contributed by atoms with van der Waals surface area (Å²) in [5.41, 5.74) is 1.95. The number of H-pyrrole nitrogens is 1. The van der Waals surface area contributed by atoms with Crippen LogP contribution in [0.15, 0.2) is 54.7 Å². The Hall–Kier alpha value is -2.42. The van der Waals surface area contributed by atoms with Gasteiger partial charge in [-0.3, -0.25) is 4.79 Å². The normalized spacial score (nSPS) is 10.8. The van der Waals surface area contributed by atoms with E-state index >= 15 is 0 Å². The molecule has 0 atom stereocenters. The van der Waals surface area contributed by atoms with Crippen molar-refractivity contribution >= 4 is 16.7 Å². The quantitative estimate of drug-likeness (QED) is 0.709. The fraction of sp³-hybridized carbons (Fsp3) is 0.0625. The fourth-order valence-electron chi connectivity index (χ4n) is 2.21. The van der Waals surface area contributed by atoms with Crippen molar-refractivity contribution in [3.63, 3.8) is 0 Å². The van der Waals surface area contributed by atoms with Crippen molar-refractivity contribution in [2.24, 2.45) is 0 Å². The molecule has 3 heteroatoms. The van der Waals surface area contributed by atoms with E-state index in [9.17, 15) is 9.18 Å². The molecule has 94 valence electrons. The molecule has 0 spiro atoms. The molecule has 1 heterocycles. The van der Waals surface area contributed by atoms with Gasteiger partial charge in [0.15, 0.2) is 5.78 Å². The van der Waals surface area contributed by atoms with Crippen LogP contribution in [0.5, 0.6) is 0 Å². The predicted molar refractivity (Wildman–Crippen MR) is 72.7 cm³/mol. The van der Waals surface area contributed by atoms with Crippen molar-refractivity contribution in [1.29, 1.82) is 0 Å². The highest BCUT2D eigenvalue weighted by Crippen LogP contribution is 2.20. The van der Waals surface area contributed by atoms with Crippen LogP contribution in [0.3, 0.4) is 0 Å². The number of Topliss-reactive ketones (excluding diaryl/α,β-unsaturated/α-hetero) is 1. The van der Waals surface area contributed by atoms with Crippen LogP contribution < -0.4 is 0 Å². The third kappa shape index (κ3) is 2.15. The van der Waals surface area contributed by atoms with Crippen molar-refractivity contribution in [2.75, 3.05) is 0 Å². The van der Waals surface area contributed by atoms with Crippen LogP contribution in [0.25, 0.3) is 10.9 Å². The van der Waals surface area contributed by atoms with Gasteiger partial charge in [-0.05, 0) is 17.7 Å². The maximum absolute atomic E-state index is 13.5. The van der Waals surface area contributed by atoms with Gasteiger partial charge >= 0.3 is 0 Å². The second-order valence-electron chi connectivity index (χ2n) is 4.44. The van der Waals surface area contributed by atoms with E-state index < -0.39 is 0 Å². The smallest absolute Gasteiger partial charge is 0.169 e. The van der Waals surface area contributed by atoms with Crippen LogP contribution in [0, 0.1) is 5.82 Å². The number of halogens is 1. The molecule has 0 bridgehead atoms. The van der Waals surface area contributed by atoms with Gasteiger partial charge in [-0.25, -0.2) is 4.39 Å². The summed E-state index contributed by atoms with van der Waals surface area (Å²) in [4.78, 5) is 15.3. The summed E-state index contributed by atoms with van der Waals surface area (Å²) in [5.74, 6) is -0.418. The van der Waals surface area contributed by atoms with E-state index in [-0.39, 0.29) is 18.0 Å². The number of hydrogen-bond donors (Lipinski definition) is 1. The summed E-state index contributed by atoms with van der Waals surface area (Å²) in [6.07, 6.45) is 1.77. The van der Waals surface area contributed by atoms with Crippen LogP contribution in [-0.4, -0.2) is 10.8 Å². The summed E-state index contributed by atoms with van der Waals surface area (Å²) in [7, 11) is 0. The molecule has 0 aliphatic carbocycles. The maximum Gasteiger partial charge on any atom is 0.169 e. The zero-order valence-electron chi connectivity index (χ0n) is 10.2. The molecular weight excluding hydrogens is 241 g/mol. The van der Waals surface area contributed by atoms with Crippen molar-refractivity contribution in [2.45, 2.75) is 6.42 Å². The third-order valence-electron chi connectivity index (χ3n) is 3.20.